The summed E-state index contributed by atoms with van der Waals surface area (Å²) >= 11 is 0. The van der Waals surface area contributed by atoms with Gasteiger partial charge in [-0.15, -0.1) is 0 Å². The average Bonchev–Trinajstić information content (AvgIpc) is 2.89. The molecule has 4 rings (SSSR count). The van der Waals surface area contributed by atoms with Crippen molar-refractivity contribution in [3.8, 4) is 11.5 Å². The molecule has 2 aliphatic rings. The van der Waals surface area contributed by atoms with Crippen molar-refractivity contribution in [2.75, 3.05) is 14.2 Å². The van der Waals surface area contributed by atoms with E-state index in [1.54, 1.807) is 13.0 Å². The number of carbonyl (C=O) groups excluding carboxylic acids is 2. The van der Waals surface area contributed by atoms with Gasteiger partial charge in [0.25, 0.3) is 0 Å². The number of halogens is 5. The summed E-state index contributed by atoms with van der Waals surface area (Å²) in [5, 5.41) is 0. The van der Waals surface area contributed by atoms with Gasteiger partial charge in [0.05, 0.1) is 14.2 Å². The standard InChI is InChI=1S/C26H22F5NO5/c1-11-17(26(34)36-3)18(19-14(32-11)5-4-6-15(19)33)12-7-8-16(35-2)13(9-12)10-37-25-23(30)21(28)20(27)22(29)24(25)31/h7-9,17-18H,4-6,10H2,1-3H3/t17?,18-/m1/s1. The van der Waals surface area contributed by atoms with E-state index in [0.717, 1.165) is 0 Å². The number of methoxy groups -OCH3 is 2. The summed E-state index contributed by atoms with van der Waals surface area (Å²) in [6.07, 6.45) is 1.45. The zero-order valence-corrected chi connectivity index (χ0v) is 20.1. The van der Waals surface area contributed by atoms with Gasteiger partial charge in [-0.2, -0.15) is 8.78 Å². The zero-order valence-electron chi connectivity index (χ0n) is 20.1. The van der Waals surface area contributed by atoms with Crippen molar-refractivity contribution in [1.29, 1.82) is 0 Å². The van der Waals surface area contributed by atoms with Crippen LogP contribution < -0.4 is 9.47 Å². The molecule has 0 fully saturated rings. The van der Waals surface area contributed by atoms with Crippen LogP contribution in [-0.2, 0) is 20.9 Å². The quantitative estimate of drug-likeness (QED) is 0.222. The van der Waals surface area contributed by atoms with E-state index in [2.05, 4.69) is 4.99 Å². The molecule has 1 aliphatic carbocycles. The van der Waals surface area contributed by atoms with E-state index in [4.69, 9.17) is 14.2 Å². The number of benzene rings is 2. The number of allylic oxidation sites excluding steroid dienone is 2. The number of aliphatic imine (C=N–C) groups is 1. The van der Waals surface area contributed by atoms with Gasteiger partial charge in [0, 0.05) is 34.9 Å². The van der Waals surface area contributed by atoms with Gasteiger partial charge in [-0.05, 0) is 37.5 Å². The van der Waals surface area contributed by atoms with Crippen LogP contribution in [0.3, 0.4) is 0 Å². The van der Waals surface area contributed by atoms with Gasteiger partial charge in [-0.3, -0.25) is 14.6 Å². The Bertz CT molecular complexity index is 1320. The smallest absolute Gasteiger partial charge is 0.315 e. The molecule has 37 heavy (non-hydrogen) atoms. The molecule has 0 saturated carbocycles. The van der Waals surface area contributed by atoms with Crippen molar-refractivity contribution in [2.24, 2.45) is 10.9 Å². The normalized spacial score (nSPS) is 19.4. The largest absolute Gasteiger partial charge is 0.496 e. The van der Waals surface area contributed by atoms with Crippen molar-refractivity contribution in [1.82, 2.24) is 0 Å². The highest BCUT2D eigenvalue weighted by atomic mass is 19.2. The summed E-state index contributed by atoms with van der Waals surface area (Å²) in [6.45, 7) is 1.02. The SMILES string of the molecule is COC(=O)C1C(C)=NC2=C(C(=O)CCC2)[C@@H]1c1ccc(OC)c(COc2c(F)c(F)c(F)c(F)c2F)c1. The molecule has 1 heterocycles. The molecule has 0 radical (unpaired) electrons. The van der Waals surface area contributed by atoms with E-state index in [0.29, 0.717) is 35.4 Å². The number of nitrogens with zero attached hydrogens (tertiary/aromatic N) is 1. The summed E-state index contributed by atoms with van der Waals surface area (Å²) in [5.41, 5.74) is 2.06. The molecule has 1 aliphatic heterocycles. The van der Waals surface area contributed by atoms with Crippen LogP contribution in [0.25, 0.3) is 0 Å². The number of rotatable bonds is 6. The van der Waals surface area contributed by atoms with Crippen molar-refractivity contribution < 1.29 is 45.8 Å². The van der Waals surface area contributed by atoms with E-state index in [9.17, 15) is 31.5 Å². The molecule has 1 unspecified atom stereocenters. The third kappa shape index (κ3) is 4.58. The molecule has 0 spiro atoms. The first-order valence-corrected chi connectivity index (χ1v) is 11.3. The molecule has 6 nitrogen and oxygen atoms in total. The van der Waals surface area contributed by atoms with E-state index in [1.165, 1.54) is 26.4 Å². The summed E-state index contributed by atoms with van der Waals surface area (Å²) in [5.74, 6) is -14.5. The molecule has 0 aromatic heterocycles. The molecular formula is C26H22F5NO5. The fourth-order valence-electron chi connectivity index (χ4n) is 4.76. The fourth-order valence-corrected chi connectivity index (χ4v) is 4.76. The van der Waals surface area contributed by atoms with Crippen LogP contribution in [0.4, 0.5) is 22.0 Å². The number of esters is 1. The topological polar surface area (TPSA) is 74.2 Å². The molecule has 0 saturated heterocycles. The second-order valence-corrected chi connectivity index (χ2v) is 8.63. The van der Waals surface area contributed by atoms with Crippen LogP contribution >= 0.6 is 0 Å². The minimum atomic E-state index is -2.30. The third-order valence-corrected chi connectivity index (χ3v) is 6.49. The number of hydrogen-bond acceptors (Lipinski definition) is 6. The maximum absolute atomic E-state index is 14.1. The van der Waals surface area contributed by atoms with E-state index >= 15 is 0 Å². The number of ether oxygens (including phenoxy) is 3. The molecule has 0 amide bonds. The Kier molecular flexibility index (Phi) is 7.33. The summed E-state index contributed by atoms with van der Waals surface area (Å²) in [6, 6.07) is 4.61. The predicted octanol–water partition coefficient (Wildman–Crippen LogP) is 5.32. The van der Waals surface area contributed by atoms with Gasteiger partial charge < -0.3 is 14.2 Å². The van der Waals surface area contributed by atoms with Crippen LogP contribution in [-0.4, -0.2) is 31.7 Å². The van der Waals surface area contributed by atoms with Crippen LogP contribution in [0, 0.1) is 35.0 Å². The summed E-state index contributed by atoms with van der Waals surface area (Å²) in [4.78, 5) is 30.2. The fraction of sp³-hybridized carbons (Fsp3) is 0.346. The number of carbonyl (C=O) groups is 2. The third-order valence-electron chi connectivity index (χ3n) is 6.49. The lowest BCUT2D eigenvalue weighted by atomic mass is 9.71. The first-order chi connectivity index (χ1) is 17.6. The Morgan fingerprint density at radius 2 is 1.65 bits per heavy atom. The maximum atomic E-state index is 14.1. The van der Waals surface area contributed by atoms with Crippen LogP contribution in [0.5, 0.6) is 11.5 Å². The lowest BCUT2D eigenvalue weighted by molar-refractivity contribution is -0.143. The van der Waals surface area contributed by atoms with E-state index < -0.39 is 59.2 Å². The Balaban J connectivity index is 1.78. The van der Waals surface area contributed by atoms with Gasteiger partial charge in [0.1, 0.15) is 18.3 Å². The van der Waals surface area contributed by atoms with Crippen LogP contribution in [0.1, 0.15) is 43.2 Å². The maximum Gasteiger partial charge on any atom is 0.315 e. The van der Waals surface area contributed by atoms with Crippen molar-refractivity contribution in [2.45, 2.75) is 38.7 Å². The van der Waals surface area contributed by atoms with Crippen molar-refractivity contribution in [3.05, 3.63) is 69.7 Å². The highest BCUT2D eigenvalue weighted by molar-refractivity contribution is 6.08. The first-order valence-electron chi connectivity index (χ1n) is 11.3. The lowest BCUT2D eigenvalue weighted by Crippen LogP contribution is -2.37. The molecule has 196 valence electrons. The van der Waals surface area contributed by atoms with Crippen LogP contribution in [0.2, 0.25) is 0 Å². The molecule has 0 bridgehead atoms. The molecule has 2 aromatic rings. The Morgan fingerprint density at radius 1 is 1.00 bits per heavy atom. The predicted molar refractivity (Wildman–Crippen MR) is 121 cm³/mol. The number of Topliss-reactive ketones (excluding diaryl/α,β-unsaturated/α-hetero) is 1. The Morgan fingerprint density at radius 3 is 2.27 bits per heavy atom. The summed E-state index contributed by atoms with van der Waals surface area (Å²) < 4.78 is 84.1. The van der Waals surface area contributed by atoms with Gasteiger partial charge >= 0.3 is 5.97 Å². The van der Waals surface area contributed by atoms with Gasteiger partial charge in [-0.25, -0.2) is 13.2 Å². The highest BCUT2D eigenvalue weighted by Gasteiger charge is 2.43. The highest BCUT2D eigenvalue weighted by Crippen LogP contribution is 2.44. The molecule has 2 aromatic carbocycles. The molecule has 0 N–H and O–H groups in total. The van der Waals surface area contributed by atoms with E-state index in [1.807, 2.05) is 0 Å². The molecule has 11 heteroatoms. The zero-order chi connectivity index (χ0) is 27.0. The number of hydrogen-bond donors (Lipinski definition) is 0. The van der Waals surface area contributed by atoms with Crippen molar-refractivity contribution >= 4 is 17.5 Å². The van der Waals surface area contributed by atoms with Gasteiger partial charge in [-0.1, -0.05) is 6.07 Å². The van der Waals surface area contributed by atoms with E-state index in [-0.39, 0.29) is 23.5 Å². The second-order valence-electron chi connectivity index (χ2n) is 8.63. The van der Waals surface area contributed by atoms with Crippen molar-refractivity contribution in [3.63, 3.8) is 0 Å². The first kappa shape index (κ1) is 26.3. The lowest BCUT2D eigenvalue weighted by Gasteiger charge is -2.34. The monoisotopic (exact) mass is 523 g/mol. The van der Waals surface area contributed by atoms with Gasteiger partial charge in [0.15, 0.2) is 11.5 Å². The Labute approximate surface area is 208 Å². The molecular weight excluding hydrogens is 501 g/mol. The second kappa shape index (κ2) is 10.3. The molecule has 2 atom stereocenters. The van der Waals surface area contributed by atoms with Gasteiger partial charge in [0.2, 0.25) is 29.1 Å². The Hall–Kier alpha value is -3.76. The summed E-state index contributed by atoms with van der Waals surface area (Å²) in [7, 11) is 2.54. The van der Waals surface area contributed by atoms with Crippen LogP contribution in [0.15, 0.2) is 34.5 Å². The number of ketones is 1. The minimum Gasteiger partial charge on any atom is -0.496 e. The average molecular weight is 523 g/mol. The minimum absolute atomic E-state index is 0.161.